The summed E-state index contributed by atoms with van der Waals surface area (Å²) < 4.78 is 40.5. The van der Waals surface area contributed by atoms with Crippen LogP contribution < -0.4 is 4.72 Å². The zero-order valence-electron chi connectivity index (χ0n) is 12.0. The lowest BCUT2D eigenvalue weighted by Crippen LogP contribution is -2.23. The largest absolute Gasteiger partial charge is 0.361 e. The molecule has 0 spiro atoms. The van der Waals surface area contributed by atoms with Crippen molar-refractivity contribution in [2.75, 3.05) is 0 Å². The van der Waals surface area contributed by atoms with E-state index >= 15 is 0 Å². The van der Waals surface area contributed by atoms with Gasteiger partial charge in [-0.2, -0.15) is 0 Å². The molecule has 23 heavy (non-hydrogen) atoms. The molecule has 0 aliphatic rings. The second-order valence-corrected chi connectivity index (χ2v) is 6.68. The van der Waals surface area contributed by atoms with Crippen LogP contribution in [0.15, 0.2) is 66.0 Å². The van der Waals surface area contributed by atoms with Gasteiger partial charge in [-0.3, -0.25) is 4.98 Å². The van der Waals surface area contributed by atoms with E-state index in [9.17, 15) is 12.8 Å². The van der Waals surface area contributed by atoms with Crippen LogP contribution in [0.4, 0.5) is 4.39 Å². The Morgan fingerprint density at radius 3 is 2.74 bits per heavy atom. The fourth-order valence-electron chi connectivity index (χ4n) is 2.14. The molecule has 0 amide bonds. The second-order valence-electron chi connectivity index (χ2n) is 4.91. The molecule has 0 atom stereocenters. The summed E-state index contributed by atoms with van der Waals surface area (Å²) in [6.07, 6.45) is 4.43. The van der Waals surface area contributed by atoms with Crippen LogP contribution in [0.3, 0.4) is 0 Å². The first-order valence-electron chi connectivity index (χ1n) is 6.88. The van der Waals surface area contributed by atoms with Gasteiger partial charge in [0.1, 0.15) is 10.7 Å². The topological polar surface area (TPSA) is 74.8 Å². The number of nitrogens with one attached hydrogen (secondary N) is 2. The van der Waals surface area contributed by atoms with Crippen LogP contribution in [0, 0.1) is 5.82 Å². The molecule has 2 heterocycles. The molecule has 0 aliphatic heterocycles. The second kappa shape index (κ2) is 6.31. The molecule has 3 rings (SSSR count). The Morgan fingerprint density at radius 2 is 2.00 bits per heavy atom. The van der Waals surface area contributed by atoms with E-state index < -0.39 is 10.0 Å². The molecule has 0 fully saturated rings. The van der Waals surface area contributed by atoms with Crippen LogP contribution in [0.1, 0.15) is 5.56 Å². The number of sulfonamides is 1. The van der Waals surface area contributed by atoms with E-state index in [1.807, 2.05) is 0 Å². The van der Waals surface area contributed by atoms with Gasteiger partial charge in [-0.05, 0) is 35.9 Å². The van der Waals surface area contributed by atoms with E-state index in [0.29, 0.717) is 16.8 Å². The normalized spacial score (nSPS) is 11.5. The standard InChI is InChI=1S/C16H14FN3O2S/c17-15-6-2-1-5-14(15)16-8-12(9-19-16)10-20-23(21,22)13-4-3-7-18-11-13/h1-9,11,19-20H,10H2. The van der Waals surface area contributed by atoms with E-state index in [0.717, 1.165) is 0 Å². The summed E-state index contributed by atoms with van der Waals surface area (Å²) in [6, 6.07) is 11.1. The lowest BCUT2D eigenvalue weighted by Gasteiger charge is -2.04. The Morgan fingerprint density at radius 1 is 1.17 bits per heavy atom. The van der Waals surface area contributed by atoms with Gasteiger partial charge in [-0.25, -0.2) is 17.5 Å². The fourth-order valence-corrected chi connectivity index (χ4v) is 3.12. The van der Waals surface area contributed by atoms with Crippen LogP contribution in [-0.2, 0) is 16.6 Å². The lowest BCUT2D eigenvalue weighted by molar-refractivity contribution is 0.581. The highest BCUT2D eigenvalue weighted by Crippen LogP contribution is 2.22. The zero-order valence-corrected chi connectivity index (χ0v) is 12.8. The van der Waals surface area contributed by atoms with Crippen LogP contribution >= 0.6 is 0 Å². The highest BCUT2D eigenvalue weighted by molar-refractivity contribution is 7.89. The summed E-state index contributed by atoms with van der Waals surface area (Å²) in [5, 5.41) is 0. The molecule has 0 unspecified atom stereocenters. The van der Waals surface area contributed by atoms with Gasteiger partial charge in [0.15, 0.2) is 0 Å². The molecule has 2 aromatic heterocycles. The molecule has 0 saturated carbocycles. The summed E-state index contributed by atoms with van der Waals surface area (Å²) >= 11 is 0. The maximum absolute atomic E-state index is 13.7. The highest BCUT2D eigenvalue weighted by Gasteiger charge is 2.14. The first-order chi connectivity index (χ1) is 11.1. The molecule has 5 nitrogen and oxygen atoms in total. The van der Waals surface area contributed by atoms with Gasteiger partial charge in [-0.1, -0.05) is 12.1 Å². The van der Waals surface area contributed by atoms with Crippen LogP contribution in [0.5, 0.6) is 0 Å². The van der Waals surface area contributed by atoms with Gasteiger partial charge in [0.2, 0.25) is 10.0 Å². The zero-order chi connectivity index (χ0) is 16.3. The number of hydrogen-bond donors (Lipinski definition) is 2. The molecule has 0 radical (unpaired) electrons. The van der Waals surface area contributed by atoms with Crippen molar-refractivity contribution in [2.45, 2.75) is 11.4 Å². The molecule has 3 aromatic rings. The smallest absolute Gasteiger partial charge is 0.242 e. The minimum absolute atomic E-state index is 0.0994. The Labute approximate surface area is 133 Å². The van der Waals surface area contributed by atoms with Crippen molar-refractivity contribution in [3.63, 3.8) is 0 Å². The number of rotatable bonds is 5. The predicted octanol–water partition coefficient (Wildman–Crippen LogP) is 2.69. The van der Waals surface area contributed by atoms with Crippen molar-refractivity contribution in [1.82, 2.24) is 14.7 Å². The number of H-pyrrole nitrogens is 1. The van der Waals surface area contributed by atoms with Gasteiger partial charge in [0, 0.05) is 36.4 Å². The van der Waals surface area contributed by atoms with E-state index in [-0.39, 0.29) is 17.3 Å². The van der Waals surface area contributed by atoms with Crippen LogP contribution in [0.25, 0.3) is 11.3 Å². The third kappa shape index (κ3) is 3.46. The summed E-state index contributed by atoms with van der Waals surface area (Å²) in [5.74, 6) is -0.336. The van der Waals surface area contributed by atoms with Crippen molar-refractivity contribution >= 4 is 10.0 Å². The number of aromatic nitrogens is 2. The van der Waals surface area contributed by atoms with Crippen LogP contribution in [0.2, 0.25) is 0 Å². The van der Waals surface area contributed by atoms with Crippen molar-refractivity contribution in [3.8, 4) is 11.3 Å². The monoisotopic (exact) mass is 331 g/mol. The fraction of sp³-hybridized carbons (Fsp3) is 0.0625. The minimum Gasteiger partial charge on any atom is -0.361 e. The Kier molecular flexibility index (Phi) is 4.22. The van der Waals surface area contributed by atoms with E-state index in [1.54, 1.807) is 36.5 Å². The number of benzene rings is 1. The van der Waals surface area contributed by atoms with Crippen LogP contribution in [-0.4, -0.2) is 18.4 Å². The average Bonchev–Trinajstić information content (AvgIpc) is 3.03. The van der Waals surface area contributed by atoms with Gasteiger partial charge < -0.3 is 4.98 Å². The van der Waals surface area contributed by atoms with E-state index in [1.165, 1.54) is 24.5 Å². The van der Waals surface area contributed by atoms with Crippen molar-refractivity contribution in [3.05, 3.63) is 72.4 Å². The molecule has 1 aromatic carbocycles. The number of aromatic amines is 1. The molecule has 2 N–H and O–H groups in total. The van der Waals surface area contributed by atoms with Gasteiger partial charge in [0.05, 0.1) is 0 Å². The first kappa shape index (κ1) is 15.4. The van der Waals surface area contributed by atoms with E-state index in [4.69, 9.17) is 0 Å². The third-order valence-electron chi connectivity index (χ3n) is 3.32. The molecule has 118 valence electrons. The van der Waals surface area contributed by atoms with Gasteiger partial charge in [0.25, 0.3) is 0 Å². The third-order valence-corrected chi connectivity index (χ3v) is 4.70. The Hall–Kier alpha value is -2.51. The van der Waals surface area contributed by atoms with Crippen molar-refractivity contribution in [2.24, 2.45) is 0 Å². The Bertz CT molecular complexity index is 908. The van der Waals surface area contributed by atoms with Gasteiger partial charge in [-0.15, -0.1) is 0 Å². The molecule has 0 aliphatic carbocycles. The molecule has 0 saturated heterocycles. The highest BCUT2D eigenvalue weighted by atomic mass is 32.2. The number of halogens is 1. The van der Waals surface area contributed by atoms with E-state index in [2.05, 4.69) is 14.7 Å². The average molecular weight is 331 g/mol. The molecular formula is C16H14FN3O2S. The lowest BCUT2D eigenvalue weighted by atomic mass is 10.1. The quantitative estimate of drug-likeness (QED) is 0.755. The summed E-state index contributed by atoms with van der Waals surface area (Å²) in [6.45, 7) is 0.0994. The number of nitrogens with zero attached hydrogens (tertiary/aromatic N) is 1. The molecule has 7 heteroatoms. The minimum atomic E-state index is -3.62. The number of pyridine rings is 1. The summed E-state index contributed by atoms with van der Waals surface area (Å²) in [7, 11) is -3.62. The summed E-state index contributed by atoms with van der Waals surface area (Å²) in [4.78, 5) is 6.85. The first-order valence-corrected chi connectivity index (χ1v) is 8.36. The van der Waals surface area contributed by atoms with Gasteiger partial charge >= 0.3 is 0 Å². The predicted molar refractivity (Wildman–Crippen MR) is 84.4 cm³/mol. The summed E-state index contributed by atoms with van der Waals surface area (Å²) in [5.41, 5.74) is 1.74. The SMILES string of the molecule is O=S(=O)(NCc1c[nH]c(-c2ccccc2F)c1)c1cccnc1. The maximum atomic E-state index is 13.7. The van der Waals surface area contributed by atoms with Crippen molar-refractivity contribution in [1.29, 1.82) is 0 Å². The molecule has 0 bridgehead atoms. The molecular weight excluding hydrogens is 317 g/mol. The van der Waals surface area contributed by atoms with Crippen molar-refractivity contribution < 1.29 is 12.8 Å². The Balaban J connectivity index is 1.74. The maximum Gasteiger partial charge on any atom is 0.242 e. The number of hydrogen-bond acceptors (Lipinski definition) is 3.